The van der Waals surface area contributed by atoms with Gasteiger partial charge in [0.15, 0.2) is 0 Å². The predicted octanol–water partition coefficient (Wildman–Crippen LogP) is 1.27. The molecule has 0 aliphatic carbocycles. The maximum Gasteiger partial charge on any atom is 0.237 e. The van der Waals surface area contributed by atoms with E-state index in [2.05, 4.69) is 5.32 Å². The lowest BCUT2D eigenvalue weighted by molar-refractivity contribution is -0.125. The van der Waals surface area contributed by atoms with E-state index < -0.39 is 12.1 Å². The molecule has 0 heterocycles. The molecule has 4 nitrogen and oxygen atoms in total. The number of hydrogen-bond donors (Lipinski definition) is 3. The minimum absolute atomic E-state index is 0.192. The average Bonchev–Trinajstić information content (AvgIpc) is 2.25. The summed E-state index contributed by atoms with van der Waals surface area (Å²) >= 11 is 0. The van der Waals surface area contributed by atoms with E-state index in [0.29, 0.717) is 0 Å². The van der Waals surface area contributed by atoms with Crippen molar-refractivity contribution >= 4 is 5.91 Å². The van der Waals surface area contributed by atoms with E-state index in [1.165, 1.54) is 0 Å². The van der Waals surface area contributed by atoms with Crippen LogP contribution in [0.4, 0.5) is 0 Å². The number of carbonyl (C=O) groups excluding carboxylic acids is 1. The lowest BCUT2D eigenvalue weighted by Gasteiger charge is -2.27. The Morgan fingerprint density at radius 1 is 1.29 bits per heavy atom. The summed E-state index contributed by atoms with van der Waals surface area (Å²) in [5.41, 5.74) is 5.57. The third-order valence-electron chi connectivity index (χ3n) is 3.29. The molecule has 0 saturated heterocycles. The molecule has 0 spiro atoms. The molecule has 102 valence electrons. The molecule has 0 rings (SSSR count). The molecule has 0 bridgehead atoms. The molecule has 2 atom stereocenters. The molecule has 1 unspecified atom stereocenters. The fraction of sp³-hybridized carbons (Fsp3) is 0.923. The van der Waals surface area contributed by atoms with Crippen molar-refractivity contribution in [2.75, 3.05) is 6.54 Å². The van der Waals surface area contributed by atoms with Crippen molar-refractivity contribution in [3.8, 4) is 0 Å². The minimum atomic E-state index is -0.545. The summed E-state index contributed by atoms with van der Waals surface area (Å²) in [5, 5.41) is 12.6. The first-order valence-electron chi connectivity index (χ1n) is 6.45. The highest BCUT2D eigenvalue weighted by Gasteiger charge is 2.28. The Hall–Kier alpha value is -0.610. The van der Waals surface area contributed by atoms with Crippen LogP contribution < -0.4 is 11.1 Å². The van der Waals surface area contributed by atoms with Crippen LogP contribution in [0.5, 0.6) is 0 Å². The Balaban J connectivity index is 4.16. The quantitative estimate of drug-likeness (QED) is 0.658. The van der Waals surface area contributed by atoms with E-state index in [1.54, 1.807) is 0 Å². The molecule has 0 aliphatic heterocycles. The summed E-state index contributed by atoms with van der Waals surface area (Å²) < 4.78 is 0. The smallest absolute Gasteiger partial charge is 0.237 e. The fourth-order valence-electron chi connectivity index (χ4n) is 1.71. The van der Waals surface area contributed by atoms with Gasteiger partial charge >= 0.3 is 0 Å². The van der Waals surface area contributed by atoms with Gasteiger partial charge in [-0.15, -0.1) is 0 Å². The Morgan fingerprint density at radius 3 is 2.12 bits per heavy atom. The first-order valence-corrected chi connectivity index (χ1v) is 6.45. The molecule has 0 aromatic carbocycles. The second-order valence-electron chi connectivity index (χ2n) is 5.73. The van der Waals surface area contributed by atoms with Gasteiger partial charge in [-0.2, -0.15) is 0 Å². The number of hydrogen-bond acceptors (Lipinski definition) is 3. The lowest BCUT2D eigenvalue weighted by atomic mass is 9.87. The monoisotopic (exact) mass is 244 g/mol. The van der Waals surface area contributed by atoms with Gasteiger partial charge < -0.3 is 16.2 Å². The molecule has 0 saturated carbocycles. The van der Waals surface area contributed by atoms with Gasteiger partial charge in [-0.3, -0.25) is 4.79 Å². The first-order chi connectivity index (χ1) is 7.73. The highest BCUT2D eigenvalue weighted by Crippen LogP contribution is 2.17. The molecule has 4 heteroatoms. The van der Waals surface area contributed by atoms with Crippen molar-refractivity contribution in [3.05, 3.63) is 0 Å². The Morgan fingerprint density at radius 2 is 1.76 bits per heavy atom. The Labute approximate surface area is 105 Å². The predicted molar refractivity (Wildman–Crippen MR) is 70.5 cm³/mol. The minimum Gasteiger partial charge on any atom is -0.391 e. The van der Waals surface area contributed by atoms with Crippen LogP contribution in [0, 0.1) is 11.3 Å². The molecule has 1 amide bonds. The molecule has 0 aromatic rings. The van der Waals surface area contributed by atoms with Crippen LogP contribution in [0.1, 0.15) is 47.5 Å². The van der Waals surface area contributed by atoms with Crippen molar-refractivity contribution in [1.82, 2.24) is 5.32 Å². The summed E-state index contributed by atoms with van der Waals surface area (Å²) in [5.74, 6) is 0.0451. The fourth-order valence-corrected chi connectivity index (χ4v) is 1.71. The highest BCUT2D eigenvalue weighted by molar-refractivity contribution is 5.82. The maximum absolute atomic E-state index is 11.7. The second-order valence-corrected chi connectivity index (χ2v) is 5.73. The van der Waals surface area contributed by atoms with Crippen LogP contribution in [0.3, 0.4) is 0 Å². The molecule has 17 heavy (non-hydrogen) atoms. The summed E-state index contributed by atoms with van der Waals surface area (Å²) in [4.78, 5) is 11.7. The summed E-state index contributed by atoms with van der Waals surface area (Å²) in [6, 6.07) is -0.545. The number of aliphatic hydroxyl groups is 1. The Bertz CT molecular complexity index is 232. The van der Waals surface area contributed by atoms with Crippen LogP contribution >= 0.6 is 0 Å². The van der Waals surface area contributed by atoms with Crippen LogP contribution in [-0.2, 0) is 4.79 Å². The topological polar surface area (TPSA) is 75.3 Å². The average molecular weight is 244 g/mol. The van der Waals surface area contributed by atoms with Crippen LogP contribution in [0.15, 0.2) is 0 Å². The standard InChI is InChI=1S/C13H28N2O2/c1-6-9(7-2)10(16)8-15-12(17)11(14)13(3,4)5/h9-11,16H,6-8,14H2,1-5H3,(H,15,17)/t10?,11-/m0/s1. The van der Waals surface area contributed by atoms with E-state index in [-0.39, 0.29) is 23.8 Å². The zero-order valence-electron chi connectivity index (χ0n) is 11.8. The molecule has 0 fully saturated rings. The van der Waals surface area contributed by atoms with Gasteiger partial charge in [0.25, 0.3) is 0 Å². The Kier molecular flexibility index (Phi) is 6.72. The number of rotatable bonds is 6. The number of nitrogens with two attached hydrogens (primary N) is 1. The van der Waals surface area contributed by atoms with Gasteiger partial charge in [0.2, 0.25) is 5.91 Å². The zero-order chi connectivity index (χ0) is 13.6. The number of amides is 1. The molecular formula is C13H28N2O2. The van der Waals surface area contributed by atoms with Crippen molar-refractivity contribution in [1.29, 1.82) is 0 Å². The van der Waals surface area contributed by atoms with Crippen LogP contribution in [0.25, 0.3) is 0 Å². The van der Waals surface area contributed by atoms with Gasteiger partial charge in [0.1, 0.15) is 0 Å². The number of nitrogens with one attached hydrogen (secondary N) is 1. The van der Waals surface area contributed by atoms with Gasteiger partial charge in [-0.1, -0.05) is 47.5 Å². The molecular weight excluding hydrogens is 216 g/mol. The summed E-state index contributed by atoms with van der Waals surface area (Å²) in [6.07, 6.45) is 1.35. The normalized spacial score (nSPS) is 15.8. The van der Waals surface area contributed by atoms with Crippen LogP contribution in [-0.4, -0.2) is 29.7 Å². The zero-order valence-corrected chi connectivity index (χ0v) is 11.8. The summed E-state index contributed by atoms with van der Waals surface area (Å²) in [6.45, 7) is 10.1. The lowest BCUT2D eigenvalue weighted by Crippen LogP contribution is -2.50. The van der Waals surface area contributed by atoms with E-state index in [4.69, 9.17) is 5.73 Å². The van der Waals surface area contributed by atoms with Gasteiger partial charge in [0, 0.05) is 6.54 Å². The third-order valence-corrected chi connectivity index (χ3v) is 3.29. The molecule has 0 aromatic heterocycles. The SMILES string of the molecule is CCC(CC)C(O)CNC(=O)[C@H](N)C(C)(C)C. The summed E-state index contributed by atoms with van der Waals surface area (Å²) in [7, 11) is 0. The van der Waals surface area contributed by atoms with Gasteiger partial charge in [-0.25, -0.2) is 0 Å². The highest BCUT2D eigenvalue weighted by atomic mass is 16.3. The van der Waals surface area contributed by atoms with Crippen LogP contribution in [0.2, 0.25) is 0 Å². The number of carbonyl (C=O) groups is 1. The van der Waals surface area contributed by atoms with Crippen molar-refractivity contribution < 1.29 is 9.90 Å². The maximum atomic E-state index is 11.7. The van der Waals surface area contributed by atoms with Gasteiger partial charge in [-0.05, 0) is 11.3 Å². The van der Waals surface area contributed by atoms with Crippen molar-refractivity contribution in [3.63, 3.8) is 0 Å². The van der Waals surface area contributed by atoms with Gasteiger partial charge in [0.05, 0.1) is 12.1 Å². The number of aliphatic hydroxyl groups excluding tert-OH is 1. The third kappa shape index (κ3) is 5.50. The largest absolute Gasteiger partial charge is 0.391 e. The van der Waals surface area contributed by atoms with Crippen molar-refractivity contribution in [2.45, 2.75) is 59.6 Å². The second kappa shape index (κ2) is 6.97. The van der Waals surface area contributed by atoms with E-state index >= 15 is 0 Å². The van der Waals surface area contributed by atoms with Crippen molar-refractivity contribution in [2.24, 2.45) is 17.1 Å². The molecule has 0 radical (unpaired) electrons. The van der Waals surface area contributed by atoms with E-state index in [1.807, 2.05) is 34.6 Å². The molecule has 0 aliphatic rings. The molecule has 4 N–H and O–H groups in total. The van der Waals surface area contributed by atoms with E-state index in [0.717, 1.165) is 12.8 Å². The van der Waals surface area contributed by atoms with E-state index in [9.17, 15) is 9.90 Å². The first kappa shape index (κ1) is 16.4.